The van der Waals surface area contributed by atoms with E-state index in [-0.39, 0.29) is 5.41 Å². The number of benzene rings is 3. The average Bonchev–Trinajstić information content (AvgIpc) is 3.01. The molecular formula is C28H27N3S. The molecule has 0 aliphatic heterocycles. The van der Waals surface area contributed by atoms with Crippen LogP contribution in [0.15, 0.2) is 72.9 Å². The highest BCUT2D eigenvalue weighted by molar-refractivity contribution is 7.71. The Morgan fingerprint density at radius 3 is 2.25 bits per heavy atom. The third-order valence-electron chi connectivity index (χ3n) is 6.33. The number of hydrogen-bond acceptors (Lipinski definition) is 2. The minimum Gasteiger partial charge on any atom is -0.320 e. The normalized spacial score (nSPS) is 12.0. The van der Waals surface area contributed by atoms with Crippen LogP contribution in [0, 0.1) is 4.77 Å². The molecule has 0 bridgehead atoms. The lowest BCUT2D eigenvalue weighted by molar-refractivity contribution is 0.596. The molecule has 0 aliphatic carbocycles. The molecule has 0 saturated heterocycles. The number of pyridine rings is 1. The zero-order valence-corrected chi connectivity index (χ0v) is 20.0. The van der Waals surface area contributed by atoms with Crippen molar-refractivity contribution < 1.29 is 0 Å². The van der Waals surface area contributed by atoms with Crippen LogP contribution in [0.4, 0.5) is 0 Å². The fourth-order valence-corrected chi connectivity index (χ4v) is 4.73. The van der Waals surface area contributed by atoms with E-state index in [0.29, 0.717) is 0 Å². The molecule has 2 aromatic heterocycles. The van der Waals surface area contributed by atoms with E-state index >= 15 is 0 Å². The van der Waals surface area contributed by atoms with E-state index in [9.17, 15) is 0 Å². The van der Waals surface area contributed by atoms with E-state index in [1.807, 2.05) is 20.3 Å². The van der Waals surface area contributed by atoms with Crippen LogP contribution < -0.4 is 0 Å². The first-order chi connectivity index (χ1) is 15.2. The molecule has 0 unspecified atom stereocenters. The van der Waals surface area contributed by atoms with Crippen molar-refractivity contribution in [1.29, 1.82) is 0 Å². The van der Waals surface area contributed by atoms with E-state index in [1.54, 1.807) is 0 Å². The van der Waals surface area contributed by atoms with Crippen LogP contribution >= 0.6 is 12.2 Å². The van der Waals surface area contributed by atoms with Gasteiger partial charge in [0, 0.05) is 25.9 Å². The van der Waals surface area contributed by atoms with Crippen LogP contribution in [0.1, 0.15) is 26.3 Å². The summed E-state index contributed by atoms with van der Waals surface area (Å²) in [5, 5.41) is 2.56. The van der Waals surface area contributed by atoms with Crippen molar-refractivity contribution in [3.05, 3.63) is 83.3 Å². The van der Waals surface area contributed by atoms with Gasteiger partial charge in [0.2, 0.25) is 0 Å². The summed E-state index contributed by atoms with van der Waals surface area (Å²) in [7, 11) is 4.04. The second kappa shape index (κ2) is 7.42. The summed E-state index contributed by atoms with van der Waals surface area (Å²) in [5.41, 5.74) is 8.10. The highest BCUT2D eigenvalue weighted by atomic mass is 32.1. The lowest BCUT2D eigenvalue weighted by Crippen LogP contribution is -2.12. The predicted octanol–water partition coefficient (Wildman–Crippen LogP) is 7.43. The molecule has 160 valence electrons. The lowest BCUT2D eigenvalue weighted by Gasteiger charge is -2.22. The third kappa shape index (κ3) is 3.35. The lowest BCUT2D eigenvalue weighted by atomic mass is 9.82. The molecule has 0 radical (unpaired) electrons. The number of nitrogens with zero attached hydrogens (tertiary/aromatic N) is 3. The van der Waals surface area contributed by atoms with Gasteiger partial charge in [0.1, 0.15) is 0 Å². The zero-order chi connectivity index (χ0) is 22.6. The first-order valence-corrected chi connectivity index (χ1v) is 11.3. The van der Waals surface area contributed by atoms with Crippen molar-refractivity contribution in [2.75, 3.05) is 0 Å². The molecule has 3 nitrogen and oxygen atoms in total. The first kappa shape index (κ1) is 20.7. The highest BCUT2D eigenvalue weighted by Gasteiger charge is 2.18. The maximum absolute atomic E-state index is 5.54. The van der Waals surface area contributed by atoms with Crippen LogP contribution in [-0.2, 0) is 19.5 Å². The molecule has 2 heterocycles. The van der Waals surface area contributed by atoms with Crippen molar-refractivity contribution >= 4 is 34.0 Å². The Morgan fingerprint density at radius 1 is 0.750 bits per heavy atom. The fourth-order valence-electron chi connectivity index (χ4n) is 4.53. The van der Waals surface area contributed by atoms with Crippen molar-refractivity contribution in [2.24, 2.45) is 14.1 Å². The van der Waals surface area contributed by atoms with Gasteiger partial charge in [-0.15, -0.1) is 0 Å². The van der Waals surface area contributed by atoms with Gasteiger partial charge in [0.15, 0.2) is 4.77 Å². The van der Waals surface area contributed by atoms with E-state index in [1.165, 1.54) is 16.3 Å². The van der Waals surface area contributed by atoms with E-state index in [0.717, 1.165) is 38.2 Å². The highest BCUT2D eigenvalue weighted by Crippen LogP contribution is 2.35. The number of aryl methyl sites for hydroxylation is 2. The van der Waals surface area contributed by atoms with Gasteiger partial charge < -0.3 is 9.13 Å². The van der Waals surface area contributed by atoms with Gasteiger partial charge in [-0.1, -0.05) is 51.1 Å². The Bertz CT molecular complexity index is 1550. The standard InChI is InChI=1S/C28H27N3S/c1-28(2,3)23-15-21(14-20-8-6-7-9-22(20)23)24-16-19(12-13-29-24)18-10-11-25-26(17-18)31(5)27(32)30(25)4/h6-17H,1-5H3. The molecule has 0 amide bonds. The van der Waals surface area contributed by atoms with Crippen LogP contribution in [-0.4, -0.2) is 14.1 Å². The van der Waals surface area contributed by atoms with Crippen molar-refractivity contribution in [1.82, 2.24) is 14.1 Å². The second-order valence-corrected chi connectivity index (χ2v) is 9.89. The molecule has 32 heavy (non-hydrogen) atoms. The quantitative estimate of drug-likeness (QED) is 0.268. The Balaban J connectivity index is 1.67. The largest absolute Gasteiger partial charge is 0.320 e. The topological polar surface area (TPSA) is 22.8 Å². The van der Waals surface area contributed by atoms with Crippen molar-refractivity contribution in [2.45, 2.75) is 26.2 Å². The van der Waals surface area contributed by atoms with Crippen LogP contribution in [0.3, 0.4) is 0 Å². The number of imidazole rings is 1. The first-order valence-electron chi connectivity index (χ1n) is 10.9. The Labute approximate surface area is 194 Å². The van der Waals surface area contributed by atoms with Gasteiger partial charge in [0.25, 0.3) is 0 Å². The molecule has 0 N–H and O–H groups in total. The minimum atomic E-state index is 0.0439. The summed E-state index contributed by atoms with van der Waals surface area (Å²) in [4.78, 5) is 4.74. The average molecular weight is 438 g/mol. The summed E-state index contributed by atoms with van der Waals surface area (Å²) in [6.45, 7) is 6.81. The third-order valence-corrected chi connectivity index (χ3v) is 6.88. The van der Waals surface area contributed by atoms with Gasteiger partial charge in [-0.25, -0.2) is 0 Å². The smallest absolute Gasteiger partial charge is 0.180 e. The molecule has 5 aromatic rings. The summed E-state index contributed by atoms with van der Waals surface area (Å²) < 4.78 is 4.93. The molecular weight excluding hydrogens is 410 g/mol. The Kier molecular flexibility index (Phi) is 4.79. The van der Waals surface area contributed by atoms with Gasteiger partial charge in [0.05, 0.1) is 16.7 Å². The Hall–Kier alpha value is -3.24. The number of rotatable bonds is 2. The van der Waals surface area contributed by atoms with Gasteiger partial charge in [-0.3, -0.25) is 4.98 Å². The van der Waals surface area contributed by atoms with E-state index in [2.05, 4.69) is 96.6 Å². The number of hydrogen-bond donors (Lipinski definition) is 0. The SMILES string of the molecule is Cn1c(=S)n(C)c2cc(-c3ccnc(-c4cc(C(C)(C)C)c5ccccc5c4)c3)ccc21. The number of fused-ring (bicyclic) bond motifs is 2. The predicted molar refractivity (Wildman–Crippen MR) is 138 cm³/mol. The molecule has 4 heteroatoms. The molecule has 0 fully saturated rings. The molecule has 0 atom stereocenters. The maximum Gasteiger partial charge on any atom is 0.180 e. The van der Waals surface area contributed by atoms with Crippen molar-refractivity contribution in [3.8, 4) is 22.4 Å². The molecule has 0 spiro atoms. The minimum absolute atomic E-state index is 0.0439. The van der Waals surface area contributed by atoms with Crippen LogP contribution in [0.5, 0.6) is 0 Å². The van der Waals surface area contributed by atoms with Crippen LogP contribution in [0.25, 0.3) is 44.2 Å². The molecule has 3 aromatic carbocycles. The fraction of sp³-hybridized carbons (Fsp3) is 0.214. The van der Waals surface area contributed by atoms with Gasteiger partial charge in [-0.05, 0) is 81.5 Å². The van der Waals surface area contributed by atoms with Crippen LogP contribution in [0.2, 0.25) is 0 Å². The van der Waals surface area contributed by atoms with Gasteiger partial charge in [-0.2, -0.15) is 0 Å². The summed E-state index contributed by atoms with van der Waals surface area (Å²) >= 11 is 5.54. The monoisotopic (exact) mass is 437 g/mol. The summed E-state index contributed by atoms with van der Waals surface area (Å²) in [5.74, 6) is 0. The summed E-state index contributed by atoms with van der Waals surface area (Å²) in [6.07, 6.45) is 1.91. The van der Waals surface area contributed by atoms with E-state index in [4.69, 9.17) is 17.2 Å². The summed E-state index contributed by atoms with van der Waals surface area (Å²) in [6, 6.07) is 24.0. The van der Waals surface area contributed by atoms with Crippen molar-refractivity contribution in [3.63, 3.8) is 0 Å². The second-order valence-electron chi connectivity index (χ2n) is 9.53. The van der Waals surface area contributed by atoms with Gasteiger partial charge >= 0.3 is 0 Å². The Morgan fingerprint density at radius 2 is 1.47 bits per heavy atom. The van der Waals surface area contributed by atoms with E-state index < -0.39 is 0 Å². The maximum atomic E-state index is 5.54. The number of aromatic nitrogens is 3. The molecule has 5 rings (SSSR count). The molecule has 0 saturated carbocycles. The zero-order valence-electron chi connectivity index (χ0n) is 19.2. The molecule has 0 aliphatic rings.